The van der Waals surface area contributed by atoms with E-state index < -0.39 is 35.4 Å². The van der Waals surface area contributed by atoms with Gasteiger partial charge in [-0.1, -0.05) is 57.4 Å². The second-order valence-electron chi connectivity index (χ2n) is 12.8. The summed E-state index contributed by atoms with van der Waals surface area (Å²) in [4.78, 5) is 56.7. The number of alkyl halides is 2. The molecule has 0 bridgehead atoms. The highest BCUT2D eigenvalue weighted by molar-refractivity contribution is 5.98. The van der Waals surface area contributed by atoms with Crippen LogP contribution in [0.4, 0.5) is 14.5 Å². The van der Waals surface area contributed by atoms with Crippen molar-refractivity contribution in [1.82, 2.24) is 20.4 Å². The molecule has 48 heavy (non-hydrogen) atoms. The van der Waals surface area contributed by atoms with Gasteiger partial charge in [0.1, 0.15) is 12.1 Å². The molecule has 12 heteroatoms. The van der Waals surface area contributed by atoms with Gasteiger partial charge in [0.25, 0.3) is 5.91 Å². The van der Waals surface area contributed by atoms with Crippen LogP contribution < -0.4 is 16.0 Å². The molecule has 0 radical (unpaired) electrons. The molecule has 2 aliphatic rings. The molecule has 3 N–H and O–H groups in total. The number of nitrogens with zero attached hydrogens (tertiary/aromatic N) is 3. The number of hydrogen-bond acceptors (Lipinski definition) is 6. The fraction of sp³-hybridized carbons (Fsp3) is 0.528. The Bertz CT molecular complexity index is 1480. The zero-order chi connectivity index (χ0) is 34.8. The summed E-state index contributed by atoms with van der Waals surface area (Å²) in [5.41, 5.74) is 0.581. The molecule has 2 fully saturated rings. The molecule has 1 aliphatic carbocycles. The van der Waals surface area contributed by atoms with Gasteiger partial charge in [-0.15, -0.1) is 0 Å². The first kappa shape index (κ1) is 36.5. The van der Waals surface area contributed by atoms with E-state index in [0.717, 1.165) is 50.0 Å². The Labute approximate surface area is 281 Å². The van der Waals surface area contributed by atoms with Gasteiger partial charge < -0.3 is 25.8 Å². The maximum Gasteiger partial charge on any atom is 0.349 e. The van der Waals surface area contributed by atoms with Crippen molar-refractivity contribution in [3.05, 3.63) is 65.2 Å². The van der Waals surface area contributed by atoms with Crippen LogP contribution in [0, 0.1) is 17.2 Å². The fourth-order valence-electron chi connectivity index (χ4n) is 6.54. The highest BCUT2D eigenvalue weighted by atomic mass is 19.3. The number of piperazine rings is 1. The highest BCUT2D eigenvalue weighted by Crippen LogP contribution is 2.32. The summed E-state index contributed by atoms with van der Waals surface area (Å²) in [5, 5.41) is 17.2. The van der Waals surface area contributed by atoms with Crippen molar-refractivity contribution in [2.75, 3.05) is 38.5 Å². The minimum atomic E-state index is -3.96. The average Bonchev–Trinajstić information content (AvgIpc) is 3.11. The number of nitrogens with one attached hydrogen (secondary N) is 3. The molecule has 0 unspecified atom stereocenters. The Morgan fingerprint density at radius 2 is 1.62 bits per heavy atom. The number of benzene rings is 2. The Hall–Kier alpha value is -4.37. The molecule has 0 spiro atoms. The molecule has 3 atom stereocenters. The Balaban J connectivity index is 1.51. The van der Waals surface area contributed by atoms with Crippen LogP contribution in [0.1, 0.15) is 81.4 Å². The third-order valence-corrected chi connectivity index (χ3v) is 9.50. The molecule has 258 valence electrons. The predicted molar refractivity (Wildman–Crippen MR) is 178 cm³/mol. The molecular weight excluding hydrogens is 618 g/mol. The number of amides is 4. The lowest BCUT2D eigenvalue weighted by Crippen LogP contribution is -2.56. The predicted octanol–water partition coefficient (Wildman–Crippen LogP) is 4.52. The molecule has 2 aromatic rings. The number of hydrogen-bond donors (Lipinski definition) is 3. The normalized spacial score (nSPS) is 17.8. The lowest BCUT2D eigenvalue weighted by Gasteiger charge is -2.37. The monoisotopic (exact) mass is 664 g/mol. The first-order valence-electron chi connectivity index (χ1n) is 16.8. The van der Waals surface area contributed by atoms with Crippen molar-refractivity contribution in [3.8, 4) is 6.07 Å². The Morgan fingerprint density at radius 1 is 0.958 bits per heavy atom. The van der Waals surface area contributed by atoms with Crippen LogP contribution in [0.2, 0.25) is 0 Å². The van der Waals surface area contributed by atoms with Crippen LogP contribution >= 0.6 is 0 Å². The van der Waals surface area contributed by atoms with E-state index in [0.29, 0.717) is 38.0 Å². The zero-order valence-corrected chi connectivity index (χ0v) is 27.9. The number of carbonyl (C=O) groups excluding carboxylic acids is 4. The van der Waals surface area contributed by atoms with Gasteiger partial charge in [0.05, 0.1) is 11.6 Å². The Kier molecular flexibility index (Phi) is 12.6. The van der Waals surface area contributed by atoms with Crippen LogP contribution in [0.15, 0.2) is 48.5 Å². The number of anilines is 1. The second-order valence-corrected chi connectivity index (χ2v) is 12.8. The van der Waals surface area contributed by atoms with Crippen LogP contribution in [-0.2, 0) is 25.1 Å². The van der Waals surface area contributed by atoms with Crippen molar-refractivity contribution in [2.24, 2.45) is 5.92 Å². The van der Waals surface area contributed by atoms with E-state index in [-0.39, 0.29) is 35.6 Å². The summed E-state index contributed by atoms with van der Waals surface area (Å²) >= 11 is 0. The van der Waals surface area contributed by atoms with Crippen molar-refractivity contribution >= 4 is 29.3 Å². The van der Waals surface area contributed by atoms with Gasteiger partial charge in [-0.05, 0) is 62.1 Å². The van der Waals surface area contributed by atoms with Gasteiger partial charge in [0.2, 0.25) is 17.7 Å². The van der Waals surface area contributed by atoms with E-state index in [1.807, 2.05) is 14.0 Å². The topological polar surface area (TPSA) is 135 Å². The molecule has 2 aromatic carbocycles. The molecule has 4 amide bonds. The first-order chi connectivity index (χ1) is 23.0. The number of halogens is 2. The highest BCUT2D eigenvalue weighted by Gasteiger charge is 2.44. The number of rotatable bonds is 12. The maximum atomic E-state index is 15.3. The second kappa shape index (κ2) is 16.6. The number of carbonyl (C=O) groups is 4. The van der Waals surface area contributed by atoms with E-state index in [1.165, 1.54) is 12.1 Å². The van der Waals surface area contributed by atoms with Gasteiger partial charge in [-0.25, -0.2) is 0 Å². The summed E-state index contributed by atoms with van der Waals surface area (Å²) in [6.07, 6.45) is 4.63. The molecule has 1 aliphatic heterocycles. The third kappa shape index (κ3) is 8.95. The quantitative estimate of drug-likeness (QED) is 0.306. The minimum Gasteiger partial charge on any atom is -0.344 e. The summed E-state index contributed by atoms with van der Waals surface area (Å²) in [7, 11) is 2.00. The zero-order valence-electron chi connectivity index (χ0n) is 27.9. The molecular formula is C36H46F2N6O4. The van der Waals surface area contributed by atoms with Crippen molar-refractivity contribution < 1.29 is 28.0 Å². The molecule has 4 rings (SSSR count). The number of nitriles is 1. The Morgan fingerprint density at radius 3 is 2.23 bits per heavy atom. The third-order valence-electron chi connectivity index (χ3n) is 9.50. The van der Waals surface area contributed by atoms with Crippen molar-refractivity contribution in [3.63, 3.8) is 0 Å². The van der Waals surface area contributed by atoms with E-state index in [4.69, 9.17) is 5.26 Å². The maximum absolute atomic E-state index is 15.3. The smallest absolute Gasteiger partial charge is 0.344 e. The summed E-state index contributed by atoms with van der Waals surface area (Å²) in [6.45, 7) is 6.34. The van der Waals surface area contributed by atoms with Crippen molar-refractivity contribution in [2.45, 2.75) is 82.7 Å². The van der Waals surface area contributed by atoms with Gasteiger partial charge in [0, 0.05) is 49.8 Å². The molecule has 10 nitrogen and oxygen atoms in total. The van der Waals surface area contributed by atoms with Crippen LogP contribution in [0.3, 0.4) is 0 Å². The standard InChI is InChI=1S/C36H46F2N6O4/c1-4-29(32(41-30(45)5-2)34(47)44-20-18-43(3)19-21-44)25-14-16-28(17-15-25)40-33(46)31(26-11-7-6-8-12-26)42-35(48)36(37,38)27-13-9-10-24(22-27)23-39/h9-10,13-17,22,26,29,31-32H,4-8,11-12,18-21H2,1-3H3,(H,40,46)(H,41,45)(H,42,48)/t29-,31-,32+/m0/s1. The minimum absolute atomic E-state index is 0.00179. The average molecular weight is 665 g/mol. The van der Waals surface area contributed by atoms with Crippen LogP contribution in [0.25, 0.3) is 0 Å². The molecule has 1 saturated heterocycles. The summed E-state index contributed by atoms with van der Waals surface area (Å²) < 4.78 is 30.6. The van der Waals surface area contributed by atoms with Gasteiger partial charge in [0.15, 0.2) is 0 Å². The lowest BCUT2D eigenvalue weighted by molar-refractivity contribution is -0.149. The molecule has 0 aromatic heterocycles. The van der Waals surface area contributed by atoms with E-state index >= 15 is 8.78 Å². The molecule has 1 heterocycles. The van der Waals surface area contributed by atoms with E-state index in [1.54, 1.807) is 42.2 Å². The SMILES string of the molecule is CCC(=O)N[C@@H](C(=O)N1CCN(C)CC1)[C@@H](CC)c1ccc(NC(=O)[C@@H](NC(=O)C(F)(F)c2cccc(C#N)c2)C2CCCCC2)cc1. The van der Waals surface area contributed by atoms with E-state index in [9.17, 15) is 19.2 Å². The molecule has 1 saturated carbocycles. The van der Waals surface area contributed by atoms with Gasteiger partial charge in [-0.3, -0.25) is 19.2 Å². The van der Waals surface area contributed by atoms with Crippen LogP contribution in [0.5, 0.6) is 0 Å². The summed E-state index contributed by atoms with van der Waals surface area (Å²) in [6, 6.07) is 11.5. The largest absolute Gasteiger partial charge is 0.349 e. The number of likely N-dealkylation sites (N-methyl/N-ethyl adjacent to an activating group) is 1. The van der Waals surface area contributed by atoms with E-state index in [2.05, 4.69) is 20.9 Å². The van der Waals surface area contributed by atoms with Crippen molar-refractivity contribution in [1.29, 1.82) is 5.26 Å². The van der Waals surface area contributed by atoms with Gasteiger partial charge >= 0.3 is 5.92 Å². The van der Waals surface area contributed by atoms with Crippen LogP contribution in [-0.4, -0.2) is 78.7 Å². The van der Waals surface area contributed by atoms with Gasteiger partial charge in [-0.2, -0.15) is 14.0 Å². The lowest BCUT2D eigenvalue weighted by atomic mass is 9.83. The fourth-order valence-corrected chi connectivity index (χ4v) is 6.54. The summed E-state index contributed by atoms with van der Waals surface area (Å²) in [5.74, 6) is -7.16. The first-order valence-corrected chi connectivity index (χ1v) is 16.8.